The van der Waals surface area contributed by atoms with Crippen LogP contribution in [0, 0.1) is 20.8 Å². The molecular weight excluding hydrogens is 264 g/mol. The van der Waals surface area contributed by atoms with Gasteiger partial charge in [-0.05, 0) is 38.0 Å². The number of carbonyl (C=O) groups excluding carboxylic acids is 1. The number of carbonyl (C=O) groups is 1. The maximum Gasteiger partial charge on any atom is 0.259 e. The Labute approximate surface area is 125 Å². The van der Waals surface area contributed by atoms with Gasteiger partial charge in [0.05, 0.1) is 11.3 Å². The van der Waals surface area contributed by atoms with Gasteiger partial charge in [-0.2, -0.15) is 0 Å². The van der Waals surface area contributed by atoms with Gasteiger partial charge in [-0.3, -0.25) is 4.79 Å². The van der Waals surface area contributed by atoms with E-state index < -0.39 is 0 Å². The summed E-state index contributed by atoms with van der Waals surface area (Å²) >= 11 is 0. The zero-order valence-corrected chi connectivity index (χ0v) is 13.1. The minimum absolute atomic E-state index is 0.188. The number of rotatable bonds is 3. The summed E-state index contributed by atoms with van der Waals surface area (Å²) < 4.78 is 0. The van der Waals surface area contributed by atoms with E-state index in [1.54, 1.807) is 11.1 Å². The fourth-order valence-corrected chi connectivity index (χ4v) is 1.95. The Morgan fingerprint density at radius 1 is 1.19 bits per heavy atom. The predicted octanol–water partition coefficient (Wildman–Crippen LogP) is 2.72. The number of amides is 1. The third-order valence-electron chi connectivity index (χ3n) is 3.25. The number of hydrogen-bond acceptors (Lipinski definition) is 4. The van der Waals surface area contributed by atoms with Crippen LogP contribution in [0.1, 0.15) is 27.2 Å². The standard InChI is InChI=1S/C16H20N4O/c1-10-6-7-11(2)14(8-10)19-15(21)13-9-17-16(20(4)5)18-12(13)3/h6-9H,1-5H3,(H,19,21). The first-order valence-electron chi connectivity index (χ1n) is 6.78. The number of benzene rings is 1. The third-order valence-corrected chi connectivity index (χ3v) is 3.25. The normalized spacial score (nSPS) is 10.3. The Morgan fingerprint density at radius 2 is 1.90 bits per heavy atom. The lowest BCUT2D eigenvalue weighted by molar-refractivity contribution is 0.102. The van der Waals surface area contributed by atoms with Crippen molar-refractivity contribution in [2.75, 3.05) is 24.3 Å². The Bertz CT molecular complexity index is 680. The molecule has 0 unspecified atom stereocenters. The second-order valence-corrected chi connectivity index (χ2v) is 5.34. The van der Waals surface area contributed by atoms with Crippen molar-refractivity contribution in [2.45, 2.75) is 20.8 Å². The lowest BCUT2D eigenvalue weighted by atomic mass is 10.1. The topological polar surface area (TPSA) is 58.1 Å². The van der Waals surface area contributed by atoms with E-state index in [1.807, 2.05) is 53.1 Å². The smallest absolute Gasteiger partial charge is 0.259 e. The molecule has 1 heterocycles. The SMILES string of the molecule is Cc1ccc(C)c(NC(=O)c2cnc(N(C)C)nc2C)c1. The molecule has 0 saturated heterocycles. The van der Waals surface area contributed by atoms with Crippen molar-refractivity contribution in [3.63, 3.8) is 0 Å². The highest BCUT2D eigenvalue weighted by Crippen LogP contribution is 2.18. The molecule has 0 saturated carbocycles. The Kier molecular flexibility index (Phi) is 4.21. The van der Waals surface area contributed by atoms with Crippen molar-refractivity contribution in [1.29, 1.82) is 0 Å². The predicted molar refractivity (Wildman–Crippen MR) is 85.0 cm³/mol. The summed E-state index contributed by atoms with van der Waals surface area (Å²) in [6.07, 6.45) is 1.57. The van der Waals surface area contributed by atoms with E-state index in [1.165, 1.54) is 0 Å². The summed E-state index contributed by atoms with van der Waals surface area (Å²) in [6, 6.07) is 5.96. The maximum atomic E-state index is 12.4. The number of aromatic nitrogens is 2. The van der Waals surface area contributed by atoms with E-state index in [0.29, 0.717) is 17.2 Å². The molecule has 1 amide bonds. The van der Waals surface area contributed by atoms with Crippen LogP contribution in [0.25, 0.3) is 0 Å². The average molecular weight is 284 g/mol. The van der Waals surface area contributed by atoms with E-state index in [-0.39, 0.29) is 5.91 Å². The van der Waals surface area contributed by atoms with Gasteiger partial charge in [0.1, 0.15) is 0 Å². The monoisotopic (exact) mass is 284 g/mol. The lowest BCUT2D eigenvalue weighted by Gasteiger charge is -2.13. The summed E-state index contributed by atoms with van der Waals surface area (Å²) in [4.78, 5) is 22.7. The molecule has 1 N–H and O–H groups in total. The zero-order chi connectivity index (χ0) is 15.6. The van der Waals surface area contributed by atoms with Crippen molar-refractivity contribution in [3.8, 4) is 0 Å². The minimum atomic E-state index is -0.188. The molecule has 2 aromatic rings. The van der Waals surface area contributed by atoms with E-state index in [2.05, 4.69) is 15.3 Å². The molecule has 0 radical (unpaired) electrons. The highest BCUT2D eigenvalue weighted by Gasteiger charge is 2.13. The van der Waals surface area contributed by atoms with Crippen molar-refractivity contribution < 1.29 is 4.79 Å². The fraction of sp³-hybridized carbons (Fsp3) is 0.312. The second kappa shape index (κ2) is 5.91. The first kappa shape index (κ1) is 15.0. The number of nitrogens with zero attached hydrogens (tertiary/aromatic N) is 3. The zero-order valence-electron chi connectivity index (χ0n) is 13.1. The molecule has 0 aliphatic carbocycles. The molecule has 0 spiro atoms. The number of nitrogens with one attached hydrogen (secondary N) is 1. The molecule has 1 aromatic heterocycles. The average Bonchev–Trinajstić information content (AvgIpc) is 2.42. The molecule has 0 atom stereocenters. The van der Waals surface area contributed by atoms with Crippen LogP contribution in [0.4, 0.5) is 11.6 Å². The third kappa shape index (κ3) is 3.37. The van der Waals surface area contributed by atoms with Gasteiger partial charge < -0.3 is 10.2 Å². The van der Waals surface area contributed by atoms with E-state index >= 15 is 0 Å². The molecule has 21 heavy (non-hydrogen) atoms. The van der Waals surface area contributed by atoms with Crippen LogP contribution in [0.5, 0.6) is 0 Å². The molecule has 1 aromatic carbocycles. The van der Waals surface area contributed by atoms with Crippen LogP contribution in [0.15, 0.2) is 24.4 Å². The second-order valence-electron chi connectivity index (χ2n) is 5.34. The summed E-state index contributed by atoms with van der Waals surface area (Å²) in [5, 5.41) is 2.92. The summed E-state index contributed by atoms with van der Waals surface area (Å²) in [5.41, 5.74) is 4.10. The highest BCUT2D eigenvalue weighted by molar-refractivity contribution is 6.05. The maximum absolute atomic E-state index is 12.4. The van der Waals surface area contributed by atoms with E-state index in [0.717, 1.165) is 16.8 Å². The van der Waals surface area contributed by atoms with Crippen LogP contribution >= 0.6 is 0 Å². The van der Waals surface area contributed by atoms with E-state index in [9.17, 15) is 4.79 Å². The van der Waals surface area contributed by atoms with Crippen LogP contribution in [0.3, 0.4) is 0 Å². The summed E-state index contributed by atoms with van der Waals surface area (Å²) in [6.45, 7) is 5.77. The molecule has 0 aliphatic heterocycles. The van der Waals surface area contributed by atoms with Crippen molar-refractivity contribution >= 4 is 17.5 Å². The van der Waals surface area contributed by atoms with Crippen molar-refractivity contribution in [3.05, 3.63) is 46.8 Å². The first-order valence-corrected chi connectivity index (χ1v) is 6.78. The molecule has 0 fully saturated rings. The Balaban J connectivity index is 2.26. The van der Waals surface area contributed by atoms with Gasteiger partial charge in [-0.25, -0.2) is 9.97 Å². The molecule has 0 bridgehead atoms. The summed E-state index contributed by atoms with van der Waals surface area (Å²) in [5.74, 6) is 0.405. The van der Waals surface area contributed by atoms with Crippen molar-refractivity contribution in [2.24, 2.45) is 0 Å². The van der Waals surface area contributed by atoms with Crippen molar-refractivity contribution in [1.82, 2.24) is 9.97 Å². The minimum Gasteiger partial charge on any atom is -0.347 e. The quantitative estimate of drug-likeness (QED) is 0.941. The summed E-state index contributed by atoms with van der Waals surface area (Å²) in [7, 11) is 3.73. The Hall–Kier alpha value is -2.43. The van der Waals surface area contributed by atoms with Gasteiger partial charge >= 0.3 is 0 Å². The molecule has 110 valence electrons. The highest BCUT2D eigenvalue weighted by atomic mass is 16.1. The van der Waals surface area contributed by atoms with Crippen LogP contribution in [0.2, 0.25) is 0 Å². The van der Waals surface area contributed by atoms with Gasteiger partial charge in [-0.15, -0.1) is 0 Å². The lowest BCUT2D eigenvalue weighted by Crippen LogP contribution is -2.18. The molecular formula is C16H20N4O. The van der Waals surface area contributed by atoms with Gasteiger partial charge in [0, 0.05) is 26.0 Å². The van der Waals surface area contributed by atoms with Crippen LogP contribution < -0.4 is 10.2 Å². The number of anilines is 2. The van der Waals surface area contributed by atoms with E-state index in [4.69, 9.17) is 0 Å². The molecule has 5 heteroatoms. The largest absolute Gasteiger partial charge is 0.347 e. The molecule has 2 rings (SSSR count). The van der Waals surface area contributed by atoms with Crippen LogP contribution in [-0.2, 0) is 0 Å². The van der Waals surface area contributed by atoms with Gasteiger partial charge in [0.15, 0.2) is 0 Å². The van der Waals surface area contributed by atoms with Gasteiger partial charge in [0.2, 0.25) is 5.95 Å². The van der Waals surface area contributed by atoms with Crippen LogP contribution in [-0.4, -0.2) is 30.0 Å². The Morgan fingerprint density at radius 3 is 2.52 bits per heavy atom. The molecule has 0 aliphatic rings. The number of aryl methyl sites for hydroxylation is 3. The van der Waals surface area contributed by atoms with Gasteiger partial charge in [-0.1, -0.05) is 12.1 Å². The number of hydrogen-bond donors (Lipinski definition) is 1. The first-order chi connectivity index (χ1) is 9.88. The van der Waals surface area contributed by atoms with Gasteiger partial charge in [0.25, 0.3) is 5.91 Å². The fourth-order valence-electron chi connectivity index (χ4n) is 1.95. The molecule has 5 nitrogen and oxygen atoms in total.